The lowest BCUT2D eigenvalue weighted by Gasteiger charge is -2.16. The Balaban J connectivity index is 1.26. The number of hydrogen-bond donors (Lipinski definition) is 2. The lowest BCUT2D eigenvalue weighted by Crippen LogP contribution is -2.16. The number of aliphatic hydroxyl groups is 1. The van der Waals surface area contributed by atoms with E-state index in [4.69, 9.17) is 9.47 Å². The van der Waals surface area contributed by atoms with E-state index in [1.54, 1.807) is 7.11 Å². The molecular formula is C30H32N4O3. The molecule has 7 heteroatoms. The molecule has 190 valence electrons. The van der Waals surface area contributed by atoms with Crippen molar-refractivity contribution >= 4 is 0 Å². The number of imidazole rings is 1. The van der Waals surface area contributed by atoms with Crippen LogP contribution in [0.3, 0.4) is 0 Å². The number of unbranched alkanes of at least 4 members (excludes halogenated alkanes) is 1. The molecule has 4 aromatic rings. The van der Waals surface area contributed by atoms with E-state index >= 15 is 0 Å². The lowest BCUT2D eigenvalue weighted by atomic mass is 10.0. The van der Waals surface area contributed by atoms with Crippen LogP contribution in [0.1, 0.15) is 38.2 Å². The van der Waals surface area contributed by atoms with E-state index in [1.165, 1.54) is 0 Å². The van der Waals surface area contributed by atoms with Gasteiger partial charge in [0.05, 0.1) is 30.2 Å². The molecule has 5 rings (SSSR count). The number of allylic oxidation sites excluding steroid dienone is 1. The molecular weight excluding hydrogens is 464 g/mol. The van der Waals surface area contributed by atoms with Crippen molar-refractivity contribution in [3.8, 4) is 45.5 Å². The maximum atomic E-state index is 10.4. The van der Waals surface area contributed by atoms with Crippen LogP contribution in [0, 0.1) is 12.3 Å². The molecule has 2 N–H and O–H groups in total. The quantitative estimate of drug-likeness (QED) is 0.232. The summed E-state index contributed by atoms with van der Waals surface area (Å²) in [5.74, 6) is 2.56. The van der Waals surface area contributed by atoms with Gasteiger partial charge in [-0.1, -0.05) is 19.4 Å². The van der Waals surface area contributed by atoms with Gasteiger partial charge in [-0.05, 0) is 73.7 Å². The third kappa shape index (κ3) is 5.35. The summed E-state index contributed by atoms with van der Waals surface area (Å²) in [6.07, 6.45) is 11.2. The van der Waals surface area contributed by atoms with Gasteiger partial charge in [0.1, 0.15) is 18.1 Å². The number of ether oxygens (including phenoxy) is 2. The fourth-order valence-corrected chi connectivity index (χ4v) is 4.31. The second kappa shape index (κ2) is 10.5. The summed E-state index contributed by atoms with van der Waals surface area (Å²) >= 11 is 0. The zero-order chi connectivity index (χ0) is 25.8. The summed E-state index contributed by atoms with van der Waals surface area (Å²) in [7, 11) is 1.65. The van der Waals surface area contributed by atoms with E-state index in [1.807, 2.05) is 74.1 Å². The van der Waals surface area contributed by atoms with Gasteiger partial charge in [0.2, 0.25) is 5.88 Å². The Hall–Kier alpha value is -4.13. The molecule has 1 aliphatic carbocycles. The fourth-order valence-electron chi connectivity index (χ4n) is 4.31. The Morgan fingerprint density at radius 1 is 1.03 bits per heavy atom. The number of aryl methyl sites for hydroxylation is 1. The SMILES string of the molecule is CCCC=C(O)C1(COc2cc(C)c(-c3ccc(-c4ncc(-c5ccc(OC)cc5)[nH]4)nc3)cn2)CC1. The molecule has 3 heterocycles. The number of benzene rings is 1. The molecule has 3 aromatic heterocycles. The average Bonchev–Trinajstić information content (AvgIpc) is 3.57. The highest BCUT2D eigenvalue weighted by atomic mass is 16.5. The van der Waals surface area contributed by atoms with Crippen LogP contribution in [0.4, 0.5) is 0 Å². The highest BCUT2D eigenvalue weighted by molar-refractivity contribution is 5.68. The van der Waals surface area contributed by atoms with Crippen LogP contribution in [0.2, 0.25) is 0 Å². The minimum Gasteiger partial charge on any atom is -0.512 e. The zero-order valence-electron chi connectivity index (χ0n) is 21.5. The van der Waals surface area contributed by atoms with Gasteiger partial charge < -0.3 is 19.6 Å². The lowest BCUT2D eigenvalue weighted by molar-refractivity contribution is 0.200. The molecule has 1 saturated carbocycles. The van der Waals surface area contributed by atoms with Crippen LogP contribution in [-0.4, -0.2) is 38.8 Å². The Bertz CT molecular complexity index is 1390. The third-order valence-corrected chi connectivity index (χ3v) is 6.90. The Kier molecular flexibility index (Phi) is 6.95. The zero-order valence-corrected chi connectivity index (χ0v) is 21.5. The first-order valence-corrected chi connectivity index (χ1v) is 12.7. The maximum absolute atomic E-state index is 10.4. The molecule has 0 saturated heterocycles. The van der Waals surface area contributed by atoms with E-state index in [0.29, 0.717) is 24.1 Å². The van der Waals surface area contributed by atoms with E-state index in [-0.39, 0.29) is 5.41 Å². The largest absolute Gasteiger partial charge is 0.512 e. The van der Waals surface area contributed by atoms with Crippen molar-refractivity contribution in [2.45, 2.75) is 39.5 Å². The number of H-pyrrole nitrogens is 1. The van der Waals surface area contributed by atoms with Crippen LogP contribution >= 0.6 is 0 Å². The number of methoxy groups -OCH3 is 1. The van der Waals surface area contributed by atoms with Crippen molar-refractivity contribution in [3.63, 3.8) is 0 Å². The molecule has 0 bridgehead atoms. The number of aliphatic hydroxyl groups excluding tert-OH is 1. The highest BCUT2D eigenvalue weighted by Gasteiger charge is 2.47. The monoisotopic (exact) mass is 496 g/mol. The summed E-state index contributed by atoms with van der Waals surface area (Å²) < 4.78 is 11.2. The van der Waals surface area contributed by atoms with Gasteiger partial charge in [0.25, 0.3) is 0 Å². The molecule has 0 atom stereocenters. The number of aromatic nitrogens is 4. The summed E-state index contributed by atoms with van der Waals surface area (Å²) in [6, 6.07) is 13.8. The Morgan fingerprint density at radius 3 is 2.46 bits per heavy atom. The molecule has 1 fully saturated rings. The van der Waals surface area contributed by atoms with Crippen LogP contribution < -0.4 is 9.47 Å². The van der Waals surface area contributed by atoms with Gasteiger partial charge in [0, 0.05) is 29.6 Å². The van der Waals surface area contributed by atoms with Crippen LogP contribution in [-0.2, 0) is 0 Å². The van der Waals surface area contributed by atoms with Gasteiger partial charge >= 0.3 is 0 Å². The first-order chi connectivity index (χ1) is 18.0. The van der Waals surface area contributed by atoms with Crippen LogP contribution in [0.15, 0.2) is 72.9 Å². The van der Waals surface area contributed by atoms with Crippen molar-refractivity contribution in [1.29, 1.82) is 0 Å². The van der Waals surface area contributed by atoms with Gasteiger partial charge in [-0.3, -0.25) is 4.98 Å². The summed E-state index contributed by atoms with van der Waals surface area (Å²) in [6.45, 7) is 4.59. The molecule has 0 aliphatic heterocycles. The average molecular weight is 497 g/mol. The molecule has 0 spiro atoms. The van der Waals surface area contributed by atoms with E-state index in [0.717, 1.165) is 65.1 Å². The van der Waals surface area contributed by atoms with Crippen molar-refractivity contribution < 1.29 is 14.6 Å². The van der Waals surface area contributed by atoms with Gasteiger partial charge in [-0.2, -0.15) is 0 Å². The molecule has 0 radical (unpaired) electrons. The number of aromatic amines is 1. The van der Waals surface area contributed by atoms with Crippen molar-refractivity contribution in [3.05, 3.63) is 78.5 Å². The summed E-state index contributed by atoms with van der Waals surface area (Å²) in [5.41, 5.74) is 5.50. The standard InChI is InChI=1S/C30H32N4O3/c1-4-5-6-27(35)30(13-14-30)19-37-28-15-20(2)24(17-32-28)22-9-12-25(31-16-22)29-33-18-26(34-29)21-7-10-23(36-3)11-8-21/h6-12,15-18,35H,4-5,13-14,19H2,1-3H3,(H,33,34). The predicted molar refractivity (Wildman–Crippen MR) is 145 cm³/mol. The Labute approximate surface area is 217 Å². The topological polar surface area (TPSA) is 93.2 Å². The van der Waals surface area contributed by atoms with E-state index in [2.05, 4.69) is 26.9 Å². The molecule has 0 unspecified atom stereocenters. The van der Waals surface area contributed by atoms with Crippen molar-refractivity contribution in [1.82, 2.24) is 19.9 Å². The predicted octanol–water partition coefficient (Wildman–Crippen LogP) is 6.92. The molecule has 7 nitrogen and oxygen atoms in total. The smallest absolute Gasteiger partial charge is 0.213 e. The fraction of sp³-hybridized carbons (Fsp3) is 0.300. The van der Waals surface area contributed by atoms with Crippen LogP contribution in [0.5, 0.6) is 11.6 Å². The van der Waals surface area contributed by atoms with Crippen molar-refractivity contribution in [2.75, 3.05) is 13.7 Å². The summed E-state index contributed by atoms with van der Waals surface area (Å²) in [4.78, 5) is 17.0. The number of pyridine rings is 2. The number of hydrogen-bond acceptors (Lipinski definition) is 6. The van der Waals surface area contributed by atoms with Crippen LogP contribution in [0.25, 0.3) is 33.9 Å². The maximum Gasteiger partial charge on any atom is 0.213 e. The molecule has 0 amide bonds. The highest BCUT2D eigenvalue weighted by Crippen LogP contribution is 2.51. The van der Waals surface area contributed by atoms with Gasteiger partial charge in [-0.15, -0.1) is 0 Å². The van der Waals surface area contributed by atoms with Gasteiger partial charge in [0.15, 0.2) is 5.82 Å². The number of rotatable bonds is 10. The molecule has 37 heavy (non-hydrogen) atoms. The second-order valence-corrected chi connectivity index (χ2v) is 9.59. The van der Waals surface area contributed by atoms with E-state index < -0.39 is 0 Å². The van der Waals surface area contributed by atoms with E-state index in [9.17, 15) is 5.11 Å². The minimum absolute atomic E-state index is 0.234. The molecule has 1 aliphatic rings. The number of nitrogens with zero attached hydrogens (tertiary/aromatic N) is 3. The third-order valence-electron chi connectivity index (χ3n) is 6.90. The molecule has 1 aromatic carbocycles. The first kappa shape index (κ1) is 24.6. The first-order valence-electron chi connectivity index (χ1n) is 12.7. The summed E-state index contributed by atoms with van der Waals surface area (Å²) in [5, 5.41) is 10.4. The Morgan fingerprint density at radius 2 is 1.81 bits per heavy atom. The second-order valence-electron chi connectivity index (χ2n) is 9.59. The van der Waals surface area contributed by atoms with Gasteiger partial charge in [-0.25, -0.2) is 9.97 Å². The van der Waals surface area contributed by atoms with Crippen molar-refractivity contribution in [2.24, 2.45) is 5.41 Å². The normalized spacial score (nSPS) is 14.4. The number of nitrogens with one attached hydrogen (secondary N) is 1. The minimum atomic E-state index is -0.234.